The molecule has 1 aliphatic rings. The monoisotopic (exact) mass is 292 g/mol. The van der Waals surface area contributed by atoms with Crippen molar-refractivity contribution in [2.75, 3.05) is 38.2 Å². The lowest BCUT2D eigenvalue weighted by molar-refractivity contribution is -0.160. The first-order chi connectivity index (χ1) is 8.58. The number of carbonyl (C=O) groups is 1. The van der Waals surface area contributed by atoms with Crippen LogP contribution in [0.4, 0.5) is 0 Å². The van der Waals surface area contributed by atoms with E-state index >= 15 is 0 Å². The second kappa shape index (κ2) is 6.19. The zero-order valence-electron chi connectivity index (χ0n) is 12.1. The zero-order valence-corrected chi connectivity index (χ0v) is 12.9. The van der Waals surface area contributed by atoms with Gasteiger partial charge in [-0.15, -0.1) is 0 Å². The summed E-state index contributed by atoms with van der Waals surface area (Å²) in [5.41, 5.74) is -0.610. The van der Waals surface area contributed by atoms with Gasteiger partial charge in [-0.05, 0) is 20.8 Å². The summed E-state index contributed by atoms with van der Waals surface area (Å²) in [6.45, 7) is 8.14. The van der Waals surface area contributed by atoms with E-state index in [4.69, 9.17) is 4.74 Å². The van der Waals surface area contributed by atoms with Crippen LogP contribution in [0.25, 0.3) is 0 Å². The van der Waals surface area contributed by atoms with E-state index in [9.17, 15) is 13.2 Å². The number of hydrogen-bond donors (Lipinski definition) is 1. The van der Waals surface area contributed by atoms with Gasteiger partial charge in [0.2, 0.25) is 0 Å². The van der Waals surface area contributed by atoms with Gasteiger partial charge in [0, 0.05) is 32.4 Å². The van der Waals surface area contributed by atoms with Gasteiger partial charge in [0.1, 0.15) is 21.5 Å². The Labute approximate surface area is 115 Å². The molecule has 7 heteroatoms. The third-order valence-electron chi connectivity index (χ3n) is 2.73. The summed E-state index contributed by atoms with van der Waals surface area (Å²) in [6, 6.07) is -0.712. The van der Waals surface area contributed by atoms with Gasteiger partial charge < -0.3 is 10.1 Å². The molecular weight excluding hydrogens is 268 g/mol. The zero-order chi connectivity index (χ0) is 14.7. The molecule has 1 atom stereocenters. The van der Waals surface area contributed by atoms with Crippen LogP contribution in [-0.2, 0) is 19.4 Å². The lowest BCUT2D eigenvalue weighted by atomic mass is 10.2. The largest absolute Gasteiger partial charge is 0.459 e. The maximum atomic E-state index is 12.2. The van der Waals surface area contributed by atoms with Crippen LogP contribution in [0.3, 0.4) is 0 Å². The second-order valence-corrected chi connectivity index (χ2v) is 8.11. The van der Waals surface area contributed by atoms with Gasteiger partial charge in [-0.3, -0.25) is 9.69 Å². The van der Waals surface area contributed by atoms with Crippen LogP contribution in [0.1, 0.15) is 20.8 Å². The number of carbonyl (C=O) groups excluding carboxylic acids is 1. The van der Waals surface area contributed by atoms with E-state index in [1.807, 2.05) is 4.90 Å². The number of esters is 1. The highest BCUT2D eigenvalue weighted by molar-refractivity contribution is 7.90. The predicted octanol–water partition coefficient (Wildman–Crippen LogP) is -0.353. The van der Waals surface area contributed by atoms with Crippen molar-refractivity contribution in [3.05, 3.63) is 0 Å². The van der Waals surface area contributed by atoms with Crippen molar-refractivity contribution in [3.8, 4) is 0 Å². The van der Waals surface area contributed by atoms with E-state index in [1.165, 1.54) is 0 Å². The number of nitrogens with one attached hydrogen (secondary N) is 1. The average Bonchev–Trinajstić information content (AvgIpc) is 2.23. The fourth-order valence-corrected chi connectivity index (χ4v) is 2.89. The Morgan fingerprint density at radius 3 is 2.26 bits per heavy atom. The summed E-state index contributed by atoms with van der Waals surface area (Å²) in [5.74, 6) is -0.651. The molecule has 112 valence electrons. The molecule has 1 heterocycles. The van der Waals surface area contributed by atoms with Crippen LogP contribution in [0.15, 0.2) is 0 Å². The lowest BCUT2D eigenvalue weighted by Gasteiger charge is -2.34. The fourth-order valence-electron chi connectivity index (χ4n) is 1.97. The Bertz CT molecular complexity index is 408. The highest BCUT2D eigenvalue weighted by Gasteiger charge is 2.33. The van der Waals surface area contributed by atoms with Crippen molar-refractivity contribution in [1.29, 1.82) is 0 Å². The van der Waals surface area contributed by atoms with Gasteiger partial charge in [0.25, 0.3) is 0 Å². The minimum Gasteiger partial charge on any atom is -0.459 e. The average molecular weight is 292 g/mol. The molecule has 1 fully saturated rings. The number of rotatable bonds is 4. The van der Waals surface area contributed by atoms with Crippen LogP contribution in [0.2, 0.25) is 0 Å². The number of nitrogens with zero attached hydrogens (tertiary/aromatic N) is 1. The van der Waals surface area contributed by atoms with Gasteiger partial charge in [-0.2, -0.15) is 0 Å². The molecule has 0 spiro atoms. The van der Waals surface area contributed by atoms with E-state index in [0.29, 0.717) is 13.1 Å². The molecule has 1 rings (SSSR count). The molecule has 1 saturated heterocycles. The van der Waals surface area contributed by atoms with Crippen LogP contribution in [0, 0.1) is 0 Å². The number of piperazine rings is 1. The minimum absolute atomic E-state index is 0.193. The molecule has 0 aromatic rings. The van der Waals surface area contributed by atoms with E-state index in [2.05, 4.69) is 5.32 Å². The van der Waals surface area contributed by atoms with Crippen molar-refractivity contribution in [2.45, 2.75) is 32.4 Å². The highest BCUT2D eigenvalue weighted by Crippen LogP contribution is 2.13. The first-order valence-corrected chi connectivity index (χ1v) is 8.50. The van der Waals surface area contributed by atoms with Crippen molar-refractivity contribution in [3.63, 3.8) is 0 Å². The van der Waals surface area contributed by atoms with Crippen LogP contribution >= 0.6 is 0 Å². The molecule has 1 N–H and O–H groups in total. The van der Waals surface area contributed by atoms with Gasteiger partial charge in [-0.1, -0.05) is 0 Å². The molecular formula is C12H24N2O4S. The first kappa shape index (κ1) is 16.4. The van der Waals surface area contributed by atoms with Gasteiger partial charge in [-0.25, -0.2) is 8.42 Å². The fraction of sp³-hybridized carbons (Fsp3) is 0.917. The molecule has 19 heavy (non-hydrogen) atoms. The van der Waals surface area contributed by atoms with E-state index < -0.39 is 27.4 Å². The van der Waals surface area contributed by atoms with E-state index in [0.717, 1.165) is 19.3 Å². The summed E-state index contributed by atoms with van der Waals surface area (Å²) in [6.07, 6.45) is 1.15. The molecule has 0 saturated carbocycles. The summed E-state index contributed by atoms with van der Waals surface area (Å²) in [4.78, 5) is 14.1. The van der Waals surface area contributed by atoms with Crippen LogP contribution in [-0.4, -0.2) is 69.1 Å². The molecule has 0 aliphatic carbocycles. The third-order valence-corrected chi connectivity index (χ3v) is 3.65. The molecule has 0 radical (unpaired) electrons. The normalized spacial score (nSPS) is 20.0. The first-order valence-electron chi connectivity index (χ1n) is 6.44. The predicted molar refractivity (Wildman–Crippen MR) is 73.8 cm³/mol. The smallest absolute Gasteiger partial charge is 0.324 e. The van der Waals surface area contributed by atoms with Crippen LogP contribution in [0.5, 0.6) is 0 Å². The van der Waals surface area contributed by atoms with E-state index in [1.54, 1.807) is 20.8 Å². The molecule has 0 bridgehead atoms. The molecule has 0 aromatic carbocycles. The summed E-state index contributed by atoms with van der Waals surface area (Å²) >= 11 is 0. The topological polar surface area (TPSA) is 75.7 Å². The van der Waals surface area contributed by atoms with Crippen molar-refractivity contribution < 1.29 is 17.9 Å². The quantitative estimate of drug-likeness (QED) is 0.714. The summed E-state index contributed by atoms with van der Waals surface area (Å²) in [5, 5.41) is 3.18. The van der Waals surface area contributed by atoms with Gasteiger partial charge >= 0.3 is 5.97 Å². The number of ether oxygens (including phenoxy) is 1. The Morgan fingerprint density at radius 2 is 1.84 bits per heavy atom. The van der Waals surface area contributed by atoms with Crippen molar-refractivity contribution in [1.82, 2.24) is 10.2 Å². The molecule has 0 amide bonds. The second-order valence-electron chi connectivity index (χ2n) is 5.93. The molecule has 0 aromatic heterocycles. The number of sulfone groups is 1. The van der Waals surface area contributed by atoms with Crippen molar-refractivity contribution >= 4 is 15.8 Å². The van der Waals surface area contributed by atoms with Crippen molar-refractivity contribution in [2.24, 2.45) is 0 Å². The summed E-state index contributed by atoms with van der Waals surface area (Å²) in [7, 11) is -3.24. The Hall–Kier alpha value is -0.660. The Morgan fingerprint density at radius 1 is 1.32 bits per heavy atom. The Kier molecular flexibility index (Phi) is 5.34. The third kappa shape index (κ3) is 6.35. The Balaban J connectivity index is 2.81. The lowest BCUT2D eigenvalue weighted by Crippen LogP contribution is -2.54. The van der Waals surface area contributed by atoms with Gasteiger partial charge in [0.15, 0.2) is 0 Å². The molecule has 1 aliphatic heterocycles. The molecule has 6 nitrogen and oxygen atoms in total. The standard InChI is InChI=1S/C12H24N2O4S/c1-12(2,3)18-11(15)10(9-19(4,16)17)14-7-5-13-6-8-14/h10,13H,5-9H2,1-4H3/t10-/m1/s1. The maximum Gasteiger partial charge on any atom is 0.324 e. The number of hydrogen-bond acceptors (Lipinski definition) is 6. The SMILES string of the molecule is CC(C)(C)OC(=O)[C@@H](CS(C)(=O)=O)N1CCNCC1. The van der Waals surface area contributed by atoms with Gasteiger partial charge in [0.05, 0.1) is 5.75 Å². The highest BCUT2D eigenvalue weighted by atomic mass is 32.2. The maximum absolute atomic E-state index is 12.2. The summed E-state index contributed by atoms with van der Waals surface area (Å²) < 4.78 is 28.3. The minimum atomic E-state index is -3.24. The van der Waals surface area contributed by atoms with E-state index in [-0.39, 0.29) is 5.75 Å². The van der Waals surface area contributed by atoms with Crippen LogP contribution < -0.4 is 5.32 Å². The molecule has 0 unspecified atom stereocenters.